The number of carbonyl (C=O) groups is 2. The van der Waals surface area contributed by atoms with Gasteiger partial charge in [0.15, 0.2) is 5.78 Å². The summed E-state index contributed by atoms with van der Waals surface area (Å²) in [7, 11) is 0. The molecule has 0 unspecified atom stereocenters. The molecule has 1 amide bonds. The lowest BCUT2D eigenvalue weighted by Gasteiger charge is -2.13. The Hall–Kier alpha value is -2.69. The molecule has 1 heterocycles. The van der Waals surface area contributed by atoms with Crippen molar-refractivity contribution in [2.24, 2.45) is 0 Å². The van der Waals surface area contributed by atoms with Gasteiger partial charge in [0.2, 0.25) is 0 Å². The van der Waals surface area contributed by atoms with Crippen LogP contribution in [0.4, 0.5) is 5.69 Å². The second-order valence-corrected chi connectivity index (χ2v) is 4.81. The molecule has 0 radical (unpaired) electrons. The molecule has 1 N–H and O–H groups in total. The summed E-state index contributed by atoms with van der Waals surface area (Å²) in [6, 6.07) is 8.27. The number of hydrogen-bond donors (Lipinski definition) is 1. The van der Waals surface area contributed by atoms with Crippen LogP contribution in [0.15, 0.2) is 42.7 Å². The van der Waals surface area contributed by atoms with Crippen LogP contribution in [0.3, 0.4) is 0 Å². The highest BCUT2D eigenvalue weighted by molar-refractivity contribution is 6.06. The van der Waals surface area contributed by atoms with Gasteiger partial charge in [0.25, 0.3) is 5.91 Å². The molecular formula is C17H18N2O3. The average Bonchev–Trinajstić information content (AvgIpc) is 2.54. The number of benzene rings is 1. The first-order chi connectivity index (χ1) is 10.6. The summed E-state index contributed by atoms with van der Waals surface area (Å²) in [6.45, 7) is 4.02. The Kier molecular flexibility index (Phi) is 5.25. The molecule has 114 valence electrons. The Morgan fingerprint density at radius 2 is 1.86 bits per heavy atom. The largest absolute Gasteiger partial charge is 0.491 e. The molecule has 0 bridgehead atoms. The molecule has 0 saturated carbocycles. The molecule has 0 aliphatic heterocycles. The van der Waals surface area contributed by atoms with Gasteiger partial charge in [-0.25, -0.2) is 0 Å². The monoisotopic (exact) mass is 298 g/mol. The number of carbonyl (C=O) groups excluding carboxylic acids is 2. The maximum Gasteiger partial charge on any atom is 0.255 e. The molecule has 22 heavy (non-hydrogen) atoms. The lowest BCUT2D eigenvalue weighted by Crippen LogP contribution is -2.13. The number of hydrogen-bond acceptors (Lipinski definition) is 4. The SMILES string of the molecule is CCCOc1ccc(C(C)=O)cc1NC(=O)c1ccncc1. The highest BCUT2D eigenvalue weighted by Gasteiger charge is 2.12. The first-order valence-electron chi connectivity index (χ1n) is 7.11. The number of pyridine rings is 1. The molecule has 0 fully saturated rings. The molecule has 0 spiro atoms. The van der Waals surface area contributed by atoms with E-state index in [1.54, 1.807) is 42.7 Å². The third kappa shape index (κ3) is 3.91. The molecule has 1 aromatic carbocycles. The fraction of sp³-hybridized carbons (Fsp3) is 0.235. The Morgan fingerprint density at radius 3 is 2.50 bits per heavy atom. The van der Waals surface area contributed by atoms with Crippen LogP contribution in [-0.4, -0.2) is 23.3 Å². The van der Waals surface area contributed by atoms with Crippen molar-refractivity contribution in [1.82, 2.24) is 4.98 Å². The summed E-state index contributed by atoms with van der Waals surface area (Å²) < 4.78 is 5.62. The fourth-order valence-electron chi connectivity index (χ4n) is 1.88. The Balaban J connectivity index is 2.28. The Morgan fingerprint density at radius 1 is 1.14 bits per heavy atom. The van der Waals surface area contributed by atoms with Gasteiger partial charge in [-0.2, -0.15) is 0 Å². The van der Waals surface area contributed by atoms with E-state index in [0.717, 1.165) is 6.42 Å². The molecule has 5 heteroatoms. The number of nitrogens with zero attached hydrogens (tertiary/aromatic N) is 1. The number of ketones is 1. The number of rotatable bonds is 6. The molecule has 0 aliphatic carbocycles. The van der Waals surface area contributed by atoms with E-state index in [2.05, 4.69) is 10.3 Å². The van der Waals surface area contributed by atoms with E-state index < -0.39 is 0 Å². The van der Waals surface area contributed by atoms with Crippen LogP contribution in [0.5, 0.6) is 5.75 Å². The Labute approximate surface area is 129 Å². The molecular weight excluding hydrogens is 280 g/mol. The van der Waals surface area contributed by atoms with Crippen LogP contribution in [0, 0.1) is 0 Å². The van der Waals surface area contributed by atoms with Crippen molar-refractivity contribution in [2.45, 2.75) is 20.3 Å². The molecule has 1 aromatic heterocycles. The second-order valence-electron chi connectivity index (χ2n) is 4.81. The van der Waals surface area contributed by atoms with E-state index in [9.17, 15) is 9.59 Å². The molecule has 0 saturated heterocycles. The van der Waals surface area contributed by atoms with Gasteiger partial charge in [-0.15, -0.1) is 0 Å². The van der Waals surface area contributed by atoms with Crippen LogP contribution in [0.25, 0.3) is 0 Å². The zero-order chi connectivity index (χ0) is 15.9. The zero-order valence-corrected chi connectivity index (χ0v) is 12.6. The highest BCUT2D eigenvalue weighted by atomic mass is 16.5. The lowest BCUT2D eigenvalue weighted by molar-refractivity contribution is 0.101. The molecule has 5 nitrogen and oxygen atoms in total. The second kappa shape index (κ2) is 7.36. The normalized spacial score (nSPS) is 10.1. The first-order valence-corrected chi connectivity index (χ1v) is 7.11. The number of ether oxygens (including phenoxy) is 1. The van der Waals surface area contributed by atoms with Crippen LogP contribution >= 0.6 is 0 Å². The maximum atomic E-state index is 12.2. The molecule has 2 rings (SSSR count). The first kappa shape index (κ1) is 15.7. The maximum absolute atomic E-state index is 12.2. The van der Waals surface area contributed by atoms with E-state index >= 15 is 0 Å². The van der Waals surface area contributed by atoms with Crippen molar-refractivity contribution in [3.8, 4) is 5.75 Å². The summed E-state index contributed by atoms with van der Waals surface area (Å²) >= 11 is 0. The fourth-order valence-corrected chi connectivity index (χ4v) is 1.88. The summed E-state index contributed by atoms with van der Waals surface area (Å²) in [6.07, 6.45) is 3.96. The third-order valence-electron chi connectivity index (χ3n) is 3.04. The predicted molar refractivity (Wildman–Crippen MR) is 84.4 cm³/mol. The van der Waals surface area contributed by atoms with Gasteiger partial charge < -0.3 is 10.1 Å². The predicted octanol–water partition coefficient (Wildman–Crippen LogP) is 3.33. The third-order valence-corrected chi connectivity index (χ3v) is 3.04. The zero-order valence-electron chi connectivity index (χ0n) is 12.6. The molecule has 2 aromatic rings. The van der Waals surface area contributed by atoms with E-state index in [4.69, 9.17) is 4.74 Å². The van der Waals surface area contributed by atoms with Gasteiger partial charge in [-0.1, -0.05) is 6.92 Å². The standard InChI is InChI=1S/C17H18N2O3/c1-3-10-22-16-5-4-14(12(2)20)11-15(16)19-17(21)13-6-8-18-9-7-13/h4-9,11H,3,10H2,1-2H3,(H,19,21). The van der Waals surface area contributed by atoms with E-state index in [-0.39, 0.29) is 11.7 Å². The van der Waals surface area contributed by atoms with Gasteiger partial charge >= 0.3 is 0 Å². The molecule has 0 atom stereocenters. The van der Waals surface area contributed by atoms with Crippen molar-refractivity contribution in [1.29, 1.82) is 0 Å². The van der Waals surface area contributed by atoms with Crippen LogP contribution in [0.2, 0.25) is 0 Å². The summed E-state index contributed by atoms with van der Waals surface area (Å²) in [5.74, 6) is 0.208. The lowest BCUT2D eigenvalue weighted by atomic mass is 10.1. The van der Waals surface area contributed by atoms with Gasteiger partial charge in [0.1, 0.15) is 5.75 Å². The number of aromatic nitrogens is 1. The highest BCUT2D eigenvalue weighted by Crippen LogP contribution is 2.27. The van der Waals surface area contributed by atoms with Gasteiger partial charge in [0, 0.05) is 23.5 Å². The number of Topliss-reactive ketones (excluding diaryl/α,β-unsaturated/α-hetero) is 1. The van der Waals surface area contributed by atoms with Crippen molar-refractivity contribution in [3.63, 3.8) is 0 Å². The van der Waals surface area contributed by atoms with Crippen molar-refractivity contribution in [3.05, 3.63) is 53.9 Å². The van der Waals surface area contributed by atoms with E-state index in [1.165, 1.54) is 6.92 Å². The van der Waals surface area contributed by atoms with E-state index in [0.29, 0.717) is 29.2 Å². The van der Waals surface area contributed by atoms with Crippen molar-refractivity contribution in [2.75, 3.05) is 11.9 Å². The van der Waals surface area contributed by atoms with Gasteiger partial charge in [0.05, 0.1) is 12.3 Å². The van der Waals surface area contributed by atoms with E-state index in [1.807, 2.05) is 6.92 Å². The van der Waals surface area contributed by atoms with Gasteiger partial charge in [-0.05, 0) is 43.7 Å². The summed E-state index contributed by atoms with van der Waals surface area (Å²) in [4.78, 5) is 27.6. The topological polar surface area (TPSA) is 68.3 Å². The smallest absolute Gasteiger partial charge is 0.255 e. The number of anilines is 1. The number of nitrogens with one attached hydrogen (secondary N) is 1. The van der Waals surface area contributed by atoms with Crippen molar-refractivity contribution >= 4 is 17.4 Å². The molecule has 0 aliphatic rings. The minimum atomic E-state index is -0.274. The van der Waals surface area contributed by atoms with Crippen LogP contribution in [0.1, 0.15) is 41.0 Å². The van der Waals surface area contributed by atoms with Gasteiger partial charge in [-0.3, -0.25) is 14.6 Å². The number of amides is 1. The quantitative estimate of drug-likeness (QED) is 0.831. The summed E-state index contributed by atoms with van der Waals surface area (Å²) in [5.41, 5.74) is 1.50. The van der Waals surface area contributed by atoms with Crippen LogP contribution in [-0.2, 0) is 0 Å². The minimum Gasteiger partial charge on any atom is -0.491 e. The Bertz CT molecular complexity index is 669. The van der Waals surface area contributed by atoms with Crippen molar-refractivity contribution < 1.29 is 14.3 Å². The average molecular weight is 298 g/mol. The summed E-state index contributed by atoms with van der Waals surface area (Å²) in [5, 5.41) is 2.79. The minimum absolute atomic E-state index is 0.0681. The van der Waals surface area contributed by atoms with Crippen LogP contribution < -0.4 is 10.1 Å².